The van der Waals surface area contributed by atoms with Crippen molar-refractivity contribution in [1.29, 1.82) is 0 Å². The molecule has 0 aromatic heterocycles. The van der Waals surface area contributed by atoms with E-state index in [9.17, 15) is 13.2 Å². The highest BCUT2D eigenvalue weighted by atomic mass is 32.2. The molecule has 0 aliphatic carbocycles. The van der Waals surface area contributed by atoms with E-state index in [1.807, 2.05) is 11.8 Å². The first kappa shape index (κ1) is 15.1. The molecule has 1 heterocycles. The molecule has 1 rings (SSSR count). The number of hydrogen-bond acceptors (Lipinski definition) is 3. The quantitative estimate of drug-likeness (QED) is 0.777. The van der Waals surface area contributed by atoms with Gasteiger partial charge in [0.05, 0.1) is 6.61 Å². The standard InChI is InChI=1S/C11H20F3NOS/c1-10(2)3-6-17-7-9(10)15-4-5-16-8-11(12,13)14/h9,15H,3-8H2,1-2H3. The van der Waals surface area contributed by atoms with E-state index in [4.69, 9.17) is 0 Å². The number of rotatable bonds is 5. The van der Waals surface area contributed by atoms with Gasteiger partial charge in [-0.3, -0.25) is 0 Å². The monoisotopic (exact) mass is 271 g/mol. The topological polar surface area (TPSA) is 21.3 Å². The molecule has 2 nitrogen and oxygen atoms in total. The van der Waals surface area contributed by atoms with Crippen LogP contribution < -0.4 is 5.32 Å². The largest absolute Gasteiger partial charge is 0.411 e. The lowest BCUT2D eigenvalue weighted by molar-refractivity contribution is -0.173. The van der Waals surface area contributed by atoms with Crippen LogP contribution >= 0.6 is 11.8 Å². The second-order valence-corrected chi connectivity index (χ2v) is 6.14. The number of alkyl halides is 3. The molecule has 6 heteroatoms. The van der Waals surface area contributed by atoms with Gasteiger partial charge < -0.3 is 10.1 Å². The second kappa shape index (κ2) is 6.29. The molecule has 1 aliphatic heterocycles. The third-order valence-corrected chi connectivity index (χ3v) is 4.08. The van der Waals surface area contributed by atoms with Crippen molar-refractivity contribution < 1.29 is 17.9 Å². The Bertz CT molecular complexity index is 233. The normalized spacial score (nSPS) is 24.9. The Morgan fingerprint density at radius 3 is 2.71 bits per heavy atom. The minimum atomic E-state index is -4.22. The molecule has 1 saturated heterocycles. The molecule has 0 saturated carbocycles. The molecular formula is C11H20F3NOS. The summed E-state index contributed by atoms with van der Waals surface area (Å²) in [6.45, 7) is 3.82. The lowest BCUT2D eigenvalue weighted by Gasteiger charge is -2.38. The molecule has 0 amide bonds. The molecule has 0 aromatic carbocycles. The van der Waals surface area contributed by atoms with Crippen LogP contribution in [0.1, 0.15) is 20.3 Å². The summed E-state index contributed by atoms with van der Waals surface area (Å²) in [6.07, 6.45) is -3.08. The lowest BCUT2D eigenvalue weighted by atomic mass is 9.82. The van der Waals surface area contributed by atoms with Gasteiger partial charge in [0.1, 0.15) is 6.61 Å². The molecular weight excluding hydrogens is 251 g/mol. The average Bonchev–Trinajstić information content (AvgIpc) is 2.17. The van der Waals surface area contributed by atoms with Crippen molar-refractivity contribution >= 4 is 11.8 Å². The molecule has 17 heavy (non-hydrogen) atoms. The third kappa shape index (κ3) is 5.97. The molecule has 0 spiro atoms. The van der Waals surface area contributed by atoms with Crippen molar-refractivity contribution in [3.8, 4) is 0 Å². The summed E-state index contributed by atoms with van der Waals surface area (Å²) in [4.78, 5) is 0. The maximum absolute atomic E-state index is 11.8. The van der Waals surface area contributed by atoms with E-state index in [0.717, 1.165) is 17.9 Å². The van der Waals surface area contributed by atoms with E-state index in [2.05, 4.69) is 23.9 Å². The van der Waals surface area contributed by atoms with Crippen molar-refractivity contribution in [3.05, 3.63) is 0 Å². The first-order valence-corrected chi connectivity index (χ1v) is 6.92. The van der Waals surface area contributed by atoms with Crippen LogP contribution in [0.2, 0.25) is 0 Å². The molecule has 1 atom stereocenters. The van der Waals surface area contributed by atoms with Gasteiger partial charge in [-0.25, -0.2) is 0 Å². The number of ether oxygens (including phenoxy) is 1. The highest BCUT2D eigenvalue weighted by Gasteiger charge is 2.32. The number of nitrogens with one attached hydrogen (secondary N) is 1. The van der Waals surface area contributed by atoms with Gasteiger partial charge >= 0.3 is 6.18 Å². The van der Waals surface area contributed by atoms with Crippen molar-refractivity contribution in [3.63, 3.8) is 0 Å². The van der Waals surface area contributed by atoms with E-state index >= 15 is 0 Å². The SMILES string of the molecule is CC1(C)CCSCC1NCCOCC(F)(F)F. The third-order valence-electron chi connectivity index (χ3n) is 3.02. The number of halogens is 3. The first-order chi connectivity index (χ1) is 7.81. The van der Waals surface area contributed by atoms with Gasteiger partial charge in [0.2, 0.25) is 0 Å². The maximum Gasteiger partial charge on any atom is 0.411 e. The van der Waals surface area contributed by atoms with Crippen LogP contribution in [0.3, 0.4) is 0 Å². The fourth-order valence-electron chi connectivity index (χ4n) is 1.76. The zero-order chi connectivity index (χ0) is 12.9. The van der Waals surface area contributed by atoms with Crippen LogP contribution in [-0.4, -0.2) is 43.5 Å². The Hall–Kier alpha value is 0.0600. The zero-order valence-corrected chi connectivity index (χ0v) is 11.1. The summed E-state index contributed by atoms with van der Waals surface area (Å²) < 4.78 is 40.0. The van der Waals surface area contributed by atoms with Gasteiger partial charge in [-0.05, 0) is 17.6 Å². The van der Waals surface area contributed by atoms with Crippen LogP contribution in [0.25, 0.3) is 0 Å². The van der Waals surface area contributed by atoms with E-state index < -0.39 is 12.8 Å². The van der Waals surface area contributed by atoms with E-state index in [-0.39, 0.29) is 12.0 Å². The smallest absolute Gasteiger partial charge is 0.371 e. The lowest BCUT2D eigenvalue weighted by Crippen LogP contribution is -2.47. The van der Waals surface area contributed by atoms with Gasteiger partial charge in [-0.2, -0.15) is 24.9 Å². The highest BCUT2D eigenvalue weighted by Crippen LogP contribution is 2.33. The molecule has 0 aromatic rings. The number of hydrogen-bond donors (Lipinski definition) is 1. The van der Waals surface area contributed by atoms with Crippen LogP contribution in [0.15, 0.2) is 0 Å². The van der Waals surface area contributed by atoms with Crippen LogP contribution in [0.5, 0.6) is 0 Å². The summed E-state index contributed by atoms with van der Waals surface area (Å²) >= 11 is 1.89. The minimum Gasteiger partial charge on any atom is -0.371 e. The Morgan fingerprint density at radius 2 is 2.12 bits per heavy atom. The fraction of sp³-hybridized carbons (Fsp3) is 1.00. The van der Waals surface area contributed by atoms with Gasteiger partial charge in [-0.15, -0.1) is 0 Å². The number of thioether (sulfide) groups is 1. The summed E-state index contributed by atoms with van der Waals surface area (Å²) in [6, 6.07) is 0.357. The fourth-order valence-corrected chi connectivity index (χ4v) is 3.41. The predicted molar refractivity (Wildman–Crippen MR) is 64.4 cm³/mol. The molecule has 1 N–H and O–H groups in total. The van der Waals surface area contributed by atoms with Crippen molar-refractivity contribution in [2.45, 2.75) is 32.5 Å². The molecule has 1 aliphatic rings. The second-order valence-electron chi connectivity index (χ2n) is 4.99. The van der Waals surface area contributed by atoms with Gasteiger partial charge in [0.15, 0.2) is 0 Å². The van der Waals surface area contributed by atoms with Crippen LogP contribution in [-0.2, 0) is 4.74 Å². The summed E-state index contributed by atoms with van der Waals surface area (Å²) in [7, 11) is 0. The minimum absolute atomic E-state index is 0.108. The average molecular weight is 271 g/mol. The molecule has 0 bridgehead atoms. The van der Waals surface area contributed by atoms with Gasteiger partial charge in [0.25, 0.3) is 0 Å². The Labute approximate surface area is 105 Å². The molecule has 1 unspecified atom stereocenters. The Morgan fingerprint density at radius 1 is 1.41 bits per heavy atom. The van der Waals surface area contributed by atoms with Crippen molar-refractivity contribution in [2.75, 3.05) is 31.3 Å². The summed E-state index contributed by atoms with van der Waals surface area (Å²) in [5.74, 6) is 2.18. The van der Waals surface area contributed by atoms with Crippen molar-refractivity contribution in [1.82, 2.24) is 5.32 Å². The molecule has 1 fully saturated rings. The first-order valence-electron chi connectivity index (χ1n) is 5.77. The highest BCUT2D eigenvalue weighted by molar-refractivity contribution is 7.99. The zero-order valence-electron chi connectivity index (χ0n) is 10.3. The van der Waals surface area contributed by atoms with Crippen LogP contribution in [0.4, 0.5) is 13.2 Å². The molecule has 0 radical (unpaired) electrons. The van der Waals surface area contributed by atoms with Gasteiger partial charge in [0, 0.05) is 18.3 Å². The molecule has 102 valence electrons. The Balaban J connectivity index is 2.13. The van der Waals surface area contributed by atoms with E-state index in [1.165, 1.54) is 0 Å². The predicted octanol–water partition coefficient (Wildman–Crippen LogP) is 2.69. The van der Waals surface area contributed by atoms with Crippen LogP contribution in [0, 0.1) is 5.41 Å². The van der Waals surface area contributed by atoms with Crippen molar-refractivity contribution in [2.24, 2.45) is 5.41 Å². The van der Waals surface area contributed by atoms with Gasteiger partial charge in [-0.1, -0.05) is 13.8 Å². The maximum atomic E-state index is 11.8. The van der Waals surface area contributed by atoms with E-state index in [0.29, 0.717) is 12.6 Å². The Kier molecular flexibility index (Phi) is 5.60. The summed E-state index contributed by atoms with van der Waals surface area (Å²) in [5.41, 5.74) is 0.218. The summed E-state index contributed by atoms with van der Waals surface area (Å²) in [5, 5.41) is 3.28. The van der Waals surface area contributed by atoms with E-state index in [1.54, 1.807) is 0 Å².